The number of anilines is 1. The Morgan fingerprint density at radius 3 is 2.68 bits per heavy atom. The number of benzene rings is 2. The number of aromatic nitrogens is 6. The zero-order chi connectivity index (χ0) is 19.1. The van der Waals surface area contributed by atoms with Crippen LogP contribution < -0.4 is 5.32 Å². The van der Waals surface area contributed by atoms with E-state index in [1.165, 1.54) is 5.56 Å². The fraction of sp³-hybridized carbons (Fsp3) is 0.143. The Morgan fingerprint density at radius 2 is 1.82 bits per heavy atom. The molecule has 138 valence electrons. The van der Waals surface area contributed by atoms with Gasteiger partial charge in [-0.25, -0.2) is 4.98 Å². The maximum absolute atomic E-state index is 4.75. The average molecular weight is 369 g/mol. The van der Waals surface area contributed by atoms with Gasteiger partial charge in [0.05, 0.1) is 17.6 Å². The van der Waals surface area contributed by atoms with Gasteiger partial charge in [0.25, 0.3) is 0 Å². The molecule has 5 rings (SSSR count). The number of imidazole rings is 1. The van der Waals surface area contributed by atoms with Gasteiger partial charge in [-0.2, -0.15) is 4.52 Å². The van der Waals surface area contributed by atoms with Gasteiger partial charge in [-0.1, -0.05) is 36.4 Å². The molecule has 1 N–H and O–H groups in total. The molecule has 0 bridgehead atoms. The summed E-state index contributed by atoms with van der Waals surface area (Å²) in [4.78, 5) is 4.75. The zero-order valence-electron chi connectivity index (χ0n) is 15.7. The summed E-state index contributed by atoms with van der Waals surface area (Å²) in [5, 5.41) is 16.5. The Labute approximate surface area is 161 Å². The van der Waals surface area contributed by atoms with Crippen molar-refractivity contribution >= 4 is 22.5 Å². The van der Waals surface area contributed by atoms with E-state index in [4.69, 9.17) is 4.98 Å². The molecule has 0 spiro atoms. The second-order valence-electron chi connectivity index (χ2n) is 6.81. The van der Waals surface area contributed by atoms with E-state index < -0.39 is 0 Å². The molecular weight excluding hydrogens is 350 g/mol. The third kappa shape index (κ3) is 2.77. The highest BCUT2D eigenvalue weighted by Gasteiger charge is 2.11. The molecule has 5 aromatic rings. The maximum Gasteiger partial charge on any atom is 0.185 e. The van der Waals surface area contributed by atoms with Crippen molar-refractivity contribution in [3.05, 3.63) is 72.1 Å². The van der Waals surface area contributed by atoms with Crippen LogP contribution in [0.25, 0.3) is 28.1 Å². The number of hydrogen-bond donors (Lipinski definition) is 1. The van der Waals surface area contributed by atoms with Gasteiger partial charge in [0, 0.05) is 12.6 Å². The molecule has 0 saturated heterocycles. The fourth-order valence-corrected chi connectivity index (χ4v) is 3.34. The first kappa shape index (κ1) is 16.4. The molecule has 0 aliphatic carbocycles. The Kier molecular flexibility index (Phi) is 3.79. The molecule has 0 saturated carbocycles. The number of hydrogen-bond acceptors (Lipinski definition) is 5. The van der Waals surface area contributed by atoms with Crippen molar-refractivity contribution in [2.45, 2.75) is 13.5 Å². The lowest BCUT2D eigenvalue weighted by Crippen LogP contribution is -2.08. The molecule has 7 heteroatoms. The molecule has 0 radical (unpaired) electrons. The van der Waals surface area contributed by atoms with E-state index in [0.29, 0.717) is 12.2 Å². The van der Waals surface area contributed by atoms with Crippen LogP contribution in [0.4, 0.5) is 5.82 Å². The minimum absolute atomic E-state index is 0.575. The van der Waals surface area contributed by atoms with Crippen molar-refractivity contribution in [2.75, 3.05) is 5.32 Å². The first-order valence-electron chi connectivity index (χ1n) is 9.13. The molecule has 0 aliphatic heterocycles. The van der Waals surface area contributed by atoms with Crippen molar-refractivity contribution in [1.82, 2.24) is 29.4 Å². The molecule has 0 unspecified atom stereocenters. The van der Waals surface area contributed by atoms with Crippen molar-refractivity contribution in [1.29, 1.82) is 0 Å². The quantitative estimate of drug-likeness (QED) is 0.524. The predicted molar refractivity (Wildman–Crippen MR) is 109 cm³/mol. The van der Waals surface area contributed by atoms with Crippen LogP contribution in [0.1, 0.15) is 11.4 Å². The summed E-state index contributed by atoms with van der Waals surface area (Å²) >= 11 is 0. The first-order valence-corrected chi connectivity index (χ1v) is 9.13. The van der Waals surface area contributed by atoms with Gasteiger partial charge in [0.1, 0.15) is 11.6 Å². The monoisotopic (exact) mass is 369 g/mol. The number of nitrogens with zero attached hydrogens (tertiary/aromatic N) is 6. The van der Waals surface area contributed by atoms with Gasteiger partial charge in [0.2, 0.25) is 0 Å². The molecule has 0 aliphatic rings. The van der Waals surface area contributed by atoms with Gasteiger partial charge in [-0.15, -0.1) is 15.3 Å². The van der Waals surface area contributed by atoms with E-state index in [-0.39, 0.29) is 0 Å². The molecule has 3 aromatic heterocycles. The van der Waals surface area contributed by atoms with Crippen LogP contribution in [0.5, 0.6) is 0 Å². The first-order chi connectivity index (χ1) is 13.7. The molecular formula is C21H19N7. The standard InChI is InChI=1S/C21H19N7/c1-14-8-9-17-16(12-14)23-20(27(17)2)13-22-18-10-11-19-24-25-21(28(19)26-18)15-6-4-3-5-7-15/h3-12H,13H2,1-2H3,(H,22,26). The number of nitrogens with one attached hydrogen (secondary N) is 1. The van der Waals surface area contributed by atoms with E-state index in [2.05, 4.69) is 50.3 Å². The summed E-state index contributed by atoms with van der Waals surface area (Å²) in [6, 6.07) is 20.1. The highest BCUT2D eigenvalue weighted by Crippen LogP contribution is 2.19. The van der Waals surface area contributed by atoms with Gasteiger partial charge in [-0.3, -0.25) is 0 Å². The Balaban J connectivity index is 1.45. The predicted octanol–water partition coefficient (Wildman–Crippen LogP) is 3.60. The van der Waals surface area contributed by atoms with Crippen LogP contribution in [-0.4, -0.2) is 29.4 Å². The topological polar surface area (TPSA) is 72.9 Å². The van der Waals surface area contributed by atoms with Crippen molar-refractivity contribution in [3.8, 4) is 11.4 Å². The van der Waals surface area contributed by atoms with Gasteiger partial charge in [-0.05, 0) is 36.8 Å². The summed E-state index contributed by atoms with van der Waals surface area (Å²) in [5.41, 5.74) is 5.02. The zero-order valence-corrected chi connectivity index (χ0v) is 15.7. The maximum atomic E-state index is 4.75. The average Bonchev–Trinajstić information content (AvgIpc) is 3.27. The molecule has 0 atom stereocenters. The normalized spacial score (nSPS) is 11.4. The molecule has 7 nitrogen and oxygen atoms in total. The minimum atomic E-state index is 0.575. The molecule has 0 fully saturated rings. The van der Waals surface area contributed by atoms with Crippen molar-refractivity contribution in [2.24, 2.45) is 7.05 Å². The molecule has 2 aromatic carbocycles. The van der Waals surface area contributed by atoms with E-state index in [0.717, 1.165) is 34.1 Å². The van der Waals surface area contributed by atoms with Gasteiger partial charge in [0.15, 0.2) is 11.5 Å². The summed E-state index contributed by atoms with van der Waals surface area (Å²) in [6.45, 7) is 2.65. The lowest BCUT2D eigenvalue weighted by Gasteiger charge is -2.07. The smallest absolute Gasteiger partial charge is 0.185 e. The molecule has 28 heavy (non-hydrogen) atoms. The van der Waals surface area contributed by atoms with Crippen LogP contribution in [-0.2, 0) is 13.6 Å². The lowest BCUT2D eigenvalue weighted by atomic mass is 10.2. The van der Waals surface area contributed by atoms with E-state index in [9.17, 15) is 0 Å². The Morgan fingerprint density at radius 1 is 0.964 bits per heavy atom. The van der Waals surface area contributed by atoms with Crippen LogP contribution in [0, 0.1) is 6.92 Å². The second-order valence-corrected chi connectivity index (χ2v) is 6.81. The Bertz CT molecular complexity index is 1280. The minimum Gasteiger partial charge on any atom is -0.361 e. The van der Waals surface area contributed by atoms with Gasteiger partial charge < -0.3 is 9.88 Å². The SMILES string of the molecule is Cc1ccc2c(c1)nc(CNc1ccc3nnc(-c4ccccc4)n3n1)n2C. The van der Waals surface area contributed by atoms with Crippen LogP contribution >= 0.6 is 0 Å². The van der Waals surface area contributed by atoms with Crippen LogP contribution in [0.2, 0.25) is 0 Å². The molecule has 0 amide bonds. The lowest BCUT2D eigenvalue weighted by molar-refractivity contribution is 0.825. The van der Waals surface area contributed by atoms with Crippen molar-refractivity contribution in [3.63, 3.8) is 0 Å². The van der Waals surface area contributed by atoms with Crippen molar-refractivity contribution < 1.29 is 0 Å². The fourth-order valence-electron chi connectivity index (χ4n) is 3.34. The summed E-state index contributed by atoms with van der Waals surface area (Å²) in [5.74, 6) is 2.42. The highest BCUT2D eigenvalue weighted by atomic mass is 15.4. The third-order valence-corrected chi connectivity index (χ3v) is 4.85. The summed E-state index contributed by atoms with van der Waals surface area (Å²) in [6.07, 6.45) is 0. The summed E-state index contributed by atoms with van der Waals surface area (Å²) < 4.78 is 3.87. The summed E-state index contributed by atoms with van der Waals surface area (Å²) in [7, 11) is 2.03. The van der Waals surface area contributed by atoms with E-state index >= 15 is 0 Å². The molecule has 3 heterocycles. The van der Waals surface area contributed by atoms with Crippen LogP contribution in [0.15, 0.2) is 60.7 Å². The largest absolute Gasteiger partial charge is 0.361 e. The second kappa shape index (κ2) is 6.45. The highest BCUT2D eigenvalue weighted by molar-refractivity contribution is 5.76. The number of rotatable bonds is 4. The van der Waals surface area contributed by atoms with E-state index in [1.807, 2.05) is 49.5 Å². The number of aryl methyl sites for hydroxylation is 2. The van der Waals surface area contributed by atoms with Crippen LogP contribution in [0.3, 0.4) is 0 Å². The third-order valence-electron chi connectivity index (χ3n) is 4.85. The Hall–Kier alpha value is -3.74. The number of fused-ring (bicyclic) bond motifs is 2. The van der Waals surface area contributed by atoms with Gasteiger partial charge >= 0.3 is 0 Å². The van der Waals surface area contributed by atoms with E-state index in [1.54, 1.807) is 4.52 Å².